The molecule has 0 aromatic heterocycles. The van der Waals surface area contributed by atoms with Crippen molar-refractivity contribution >= 4 is 0 Å². The highest BCUT2D eigenvalue weighted by molar-refractivity contribution is 5.21. The van der Waals surface area contributed by atoms with E-state index >= 15 is 0 Å². The van der Waals surface area contributed by atoms with Gasteiger partial charge in [0.25, 0.3) is 0 Å². The molecule has 0 fully saturated rings. The summed E-state index contributed by atoms with van der Waals surface area (Å²) < 4.78 is 13.9. The van der Waals surface area contributed by atoms with Crippen LogP contribution in [0.5, 0.6) is 0 Å². The van der Waals surface area contributed by atoms with Gasteiger partial charge in [-0.05, 0) is 18.4 Å². The molecule has 1 unspecified atom stereocenters. The highest BCUT2D eigenvalue weighted by Crippen LogP contribution is 2.27. The van der Waals surface area contributed by atoms with Crippen molar-refractivity contribution in [1.29, 1.82) is 0 Å². The minimum absolute atomic E-state index is 0.000967. The molecular formula is C15H24FNO2. The molecule has 4 heteroatoms. The van der Waals surface area contributed by atoms with Gasteiger partial charge in [0.05, 0.1) is 6.61 Å². The maximum Gasteiger partial charge on any atom is 0.127 e. The van der Waals surface area contributed by atoms with Crippen molar-refractivity contribution in [1.82, 2.24) is 4.90 Å². The third kappa shape index (κ3) is 4.90. The van der Waals surface area contributed by atoms with E-state index in [0.29, 0.717) is 24.4 Å². The molecule has 0 aliphatic carbocycles. The van der Waals surface area contributed by atoms with Gasteiger partial charge in [-0.3, -0.25) is 4.90 Å². The maximum atomic E-state index is 13.9. The molecule has 0 bridgehead atoms. The molecule has 108 valence electrons. The van der Waals surface area contributed by atoms with Crippen molar-refractivity contribution in [2.45, 2.75) is 26.3 Å². The number of aliphatic hydroxyl groups excluding tert-OH is 2. The molecule has 2 N–H and O–H groups in total. The van der Waals surface area contributed by atoms with Gasteiger partial charge in [0, 0.05) is 31.3 Å². The SMILES string of the molecule is CC(C)CN(CCO)C(CCO)c1ccccc1F. The molecule has 0 saturated carbocycles. The van der Waals surface area contributed by atoms with Gasteiger partial charge in [-0.15, -0.1) is 0 Å². The van der Waals surface area contributed by atoms with Crippen molar-refractivity contribution in [3.63, 3.8) is 0 Å². The Hall–Kier alpha value is -0.970. The summed E-state index contributed by atoms with van der Waals surface area (Å²) in [7, 11) is 0. The molecule has 19 heavy (non-hydrogen) atoms. The van der Waals surface area contributed by atoms with E-state index in [1.165, 1.54) is 6.07 Å². The number of aliphatic hydroxyl groups is 2. The van der Waals surface area contributed by atoms with Crippen molar-refractivity contribution in [2.24, 2.45) is 5.92 Å². The molecule has 1 aromatic carbocycles. The van der Waals surface area contributed by atoms with Crippen molar-refractivity contribution < 1.29 is 14.6 Å². The summed E-state index contributed by atoms with van der Waals surface area (Å²) in [5.74, 6) is 0.159. The van der Waals surface area contributed by atoms with Gasteiger partial charge in [-0.25, -0.2) is 4.39 Å². The average Bonchev–Trinajstić information content (AvgIpc) is 2.36. The van der Waals surface area contributed by atoms with E-state index in [1.54, 1.807) is 18.2 Å². The molecule has 0 aliphatic rings. The monoisotopic (exact) mass is 269 g/mol. The summed E-state index contributed by atoms with van der Waals surface area (Å²) in [6.45, 7) is 5.45. The predicted octanol–water partition coefficient (Wildman–Crippen LogP) is 2.20. The summed E-state index contributed by atoms with van der Waals surface area (Å²) in [6.07, 6.45) is 0.466. The number of halogens is 1. The van der Waals surface area contributed by atoms with Gasteiger partial charge >= 0.3 is 0 Å². The highest BCUT2D eigenvalue weighted by Gasteiger charge is 2.22. The third-order valence-electron chi connectivity index (χ3n) is 3.09. The Morgan fingerprint density at radius 2 is 1.84 bits per heavy atom. The normalized spacial score (nSPS) is 13.2. The molecule has 1 atom stereocenters. The molecule has 0 amide bonds. The first-order valence-corrected chi connectivity index (χ1v) is 6.80. The fourth-order valence-electron chi connectivity index (χ4n) is 2.37. The number of hydrogen-bond acceptors (Lipinski definition) is 3. The lowest BCUT2D eigenvalue weighted by Gasteiger charge is -2.32. The summed E-state index contributed by atoms with van der Waals surface area (Å²) in [5, 5.41) is 18.4. The van der Waals surface area contributed by atoms with E-state index in [2.05, 4.69) is 13.8 Å². The van der Waals surface area contributed by atoms with E-state index < -0.39 is 0 Å². The Balaban J connectivity index is 2.98. The van der Waals surface area contributed by atoms with Gasteiger partial charge in [0.15, 0.2) is 0 Å². The van der Waals surface area contributed by atoms with Crippen LogP contribution in [0.4, 0.5) is 4.39 Å². The second-order valence-corrected chi connectivity index (χ2v) is 5.16. The number of rotatable bonds is 8. The summed E-state index contributed by atoms with van der Waals surface area (Å²) in [4.78, 5) is 2.04. The van der Waals surface area contributed by atoms with E-state index in [9.17, 15) is 14.6 Å². The fraction of sp³-hybridized carbons (Fsp3) is 0.600. The molecule has 0 aliphatic heterocycles. The molecule has 0 spiro atoms. The second kappa shape index (κ2) is 8.25. The lowest BCUT2D eigenvalue weighted by molar-refractivity contribution is 0.113. The standard InChI is InChI=1S/C15H24FNO2/c1-12(2)11-17(8-10-19)15(7-9-18)13-5-3-4-6-14(13)16/h3-6,12,15,18-19H,7-11H2,1-2H3. The smallest absolute Gasteiger partial charge is 0.127 e. The largest absolute Gasteiger partial charge is 0.396 e. The molecule has 0 heterocycles. The molecule has 0 saturated heterocycles. The zero-order valence-corrected chi connectivity index (χ0v) is 11.7. The predicted molar refractivity (Wildman–Crippen MR) is 74.3 cm³/mol. The summed E-state index contributed by atoms with van der Waals surface area (Å²) >= 11 is 0. The first-order valence-electron chi connectivity index (χ1n) is 6.80. The summed E-state index contributed by atoms with van der Waals surface area (Å²) in [5.41, 5.74) is 0.589. The van der Waals surface area contributed by atoms with E-state index in [-0.39, 0.29) is 25.1 Å². The molecule has 3 nitrogen and oxygen atoms in total. The Labute approximate surface area is 114 Å². The molecule has 1 aromatic rings. The first-order chi connectivity index (χ1) is 9.10. The Morgan fingerprint density at radius 1 is 1.16 bits per heavy atom. The van der Waals surface area contributed by atoms with Gasteiger partial charge < -0.3 is 10.2 Å². The van der Waals surface area contributed by atoms with Crippen LogP contribution in [0.1, 0.15) is 31.9 Å². The van der Waals surface area contributed by atoms with Crippen LogP contribution < -0.4 is 0 Å². The van der Waals surface area contributed by atoms with Crippen LogP contribution in [0, 0.1) is 11.7 Å². The third-order valence-corrected chi connectivity index (χ3v) is 3.09. The van der Waals surface area contributed by atoms with Crippen LogP contribution in [0.25, 0.3) is 0 Å². The topological polar surface area (TPSA) is 43.7 Å². The number of hydrogen-bond donors (Lipinski definition) is 2. The Bertz CT molecular complexity index is 371. The molecule has 0 radical (unpaired) electrons. The van der Waals surface area contributed by atoms with Crippen LogP contribution in [0.2, 0.25) is 0 Å². The summed E-state index contributed by atoms with van der Waals surface area (Å²) in [6, 6.07) is 6.45. The maximum absolute atomic E-state index is 13.9. The minimum atomic E-state index is -0.257. The van der Waals surface area contributed by atoms with Crippen LogP contribution in [0.15, 0.2) is 24.3 Å². The fourth-order valence-corrected chi connectivity index (χ4v) is 2.37. The lowest BCUT2D eigenvalue weighted by atomic mass is 10.00. The second-order valence-electron chi connectivity index (χ2n) is 5.16. The van der Waals surface area contributed by atoms with Gasteiger partial charge in [0.1, 0.15) is 5.82 Å². The van der Waals surface area contributed by atoms with Crippen LogP contribution in [0.3, 0.4) is 0 Å². The van der Waals surface area contributed by atoms with E-state index in [4.69, 9.17) is 0 Å². The molecule has 1 rings (SSSR count). The van der Waals surface area contributed by atoms with Crippen molar-refractivity contribution in [3.05, 3.63) is 35.6 Å². The van der Waals surface area contributed by atoms with E-state index in [1.807, 2.05) is 4.90 Å². The zero-order chi connectivity index (χ0) is 14.3. The van der Waals surface area contributed by atoms with E-state index in [0.717, 1.165) is 6.54 Å². The average molecular weight is 269 g/mol. The van der Waals surface area contributed by atoms with Gasteiger partial charge in [-0.1, -0.05) is 32.0 Å². The van der Waals surface area contributed by atoms with Gasteiger partial charge in [-0.2, -0.15) is 0 Å². The first kappa shape index (κ1) is 16.1. The highest BCUT2D eigenvalue weighted by atomic mass is 19.1. The lowest BCUT2D eigenvalue weighted by Crippen LogP contribution is -2.35. The van der Waals surface area contributed by atoms with Crippen molar-refractivity contribution in [3.8, 4) is 0 Å². The Kier molecular flexibility index (Phi) is 6.99. The van der Waals surface area contributed by atoms with Crippen LogP contribution >= 0.6 is 0 Å². The number of benzene rings is 1. The van der Waals surface area contributed by atoms with Crippen LogP contribution in [-0.4, -0.2) is 41.4 Å². The zero-order valence-electron chi connectivity index (χ0n) is 11.7. The minimum Gasteiger partial charge on any atom is -0.396 e. The Morgan fingerprint density at radius 3 is 2.37 bits per heavy atom. The molecular weight excluding hydrogens is 245 g/mol. The van der Waals surface area contributed by atoms with Crippen molar-refractivity contribution in [2.75, 3.05) is 26.3 Å². The quantitative estimate of drug-likeness (QED) is 0.760. The van der Waals surface area contributed by atoms with Crippen LogP contribution in [-0.2, 0) is 0 Å². The van der Waals surface area contributed by atoms with Gasteiger partial charge in [0.2, 0.25) is 0 Å². The number of nitrogens with zero attached hydrogens (tertiary/aromatic N) is 1.